The minimum atomic E-state index is 0.156. The Labute approximate surface area is 105 Å². The van der Waals surface area contributed by atoms with Crippen LogP contribution < -0.4 is 11.1 Å². The van der Waals surface area contributed by atoms with Gasteiger partial charge in [-0.1, -0.05) is 17.7 Å². The molecule has 0 saturated heterocycles. The first-order valence-electron chi connectivity index (χ1n) is 5.19. The molecule has 17 heavy (non-hydrogen) atoms. The Hall–Kier alpha value is -1.81. The smallest absolute Gasteiger partial charge is 0.223 e. The SMILES string of the molecule is Cc1ccc(Nc2cc(Cl)nc(N)n2)cc1C. The van der Waals surface area contributed by atoms with Gasteiger partial charge in [0.1, 0.15) is 11.0 Å². The second kappa shape index (κ2) is 4.59. The van der Waals surface area contributed by atoms with E-state index in [1.54, 1.807) is 6.07 Å². The van der Waals surface area contributed by atoms with Gasteiger partial charge in [0.05, 0.1) is 0 Å². The Kier molecular flexibility index (Phi) is 3.15. The van der Waals surface area contributed by atoms with Crippen LogP contribution in [0.4, 0.5) is 17.5 Å². The van der Waals surface area contributed by atoms with E-state index in [-0.39, 0.29) is 5.95 Å². The molecule has 1 aromatic heterocycles. The summed E-state index contributed by atoms with van der Waals surface area (Å²) in [5.74, 6) is 0.745. The summed E-state index contributed by atoms with van der Waals surface area (Å²) in [4.78, 5) is 7.85. The minimum Gasteiger partial charge on any atom is -0.368 e. The summed E-state index contributed by atoms with van der Waals surface area (Å²) in [7, 11) is 0. The van der Waals surface area contributed by atoms with E-state index in [0.29, 0.717) is 11.0 Å². The molecule has 0 aliphatic rings. The van der Waals surface area contributed by atoms with Crippen LogP contribution in [0.5, 0.6) is 0 Å². The lowest BCUT2D eigenvalue weighted by Gasteiger charge is -2.08. The van der Waals surface area contributed by atoms with Crippen molar-refractivity contribution in [2.45, 2.75) is 13.8 Å². The molecule has 3 N–H and O–H groups in total. The number of nitrogens with zero attached hydrogens (tertiary/aromatic N) is 2. The van der Waals surface area contributed by atoms with Gasteiger partial charge in [0.2, 0.25) is 5.95 Å². The van der Waals surface area contributed by atoms with Gasteiger partial charge < -0.3 is 11.1 Å². The first-order valence-corrected chi connectivity index (χ1v) is 5.57. The van der Waals surface area contributed by atoms with Crippen molar-refractivity contribution in [3.8, 4) is 0 Å². The highest BCUT2D eigenvalue weighted by Gasteiger charge is 2.02. The van der Waals surface area contributed by atoms with E-state index in [0.717, 1.165) is 5.69 Å². The van der Waals surface area contributed by atoms with E-state index >= 15 is 0 Å². The molecule has 5 heteroatoms. The summed E-state index contributed by atoms with van der Waals surface area (Å²) >= 11 is 5.80. The maximum Gasteiger partial charge on any atom is 0.223 e. The number of halogens is 1. The Bertz CT molecular complexity index is 534. The maximum absolute atomic E-state index is 5.80. The summed E-state index contributed by atoms with van der Waals surface area (Å²) in [6.07, 6.45) is 0. The molecule has 0 amide bonds. The van der Waals surface area contributed by atoms with Gasteiger partial charge in [-0.05, 0) is 37.1 Å². The molecule has 0 aliphatic heterocycles. The largest absolute Gasteiger partial charge is 0.368 e. The number of nitrogen functional groups attached to an aromatic ring is 1. The van der Waals surface area contributed by atoms with E-state index < -0.39 is 0 Å². The molecule has 0 radical (unpaired) electrons. The zero-order valence-electron chi connectivity index (χ0n) is 9.66. The van der Waals surface area contributed by atoms with Gasteiger partial charge in [-0.2, -0.15) is 4.98 Å². The molecule has 2 aromatic rings. The predicted molar refractivity (Wildman–Crippen MR) is 70.7 cm³/mol. The van der Waals surface area contributed by atoms with Crippen LogP contribution in [0.1, 0.15) is 11.1 Å². The average Bonchev–Trinajstić information content (AvgIpc) is 2.22. The minimum absolute atomic E-state index is 0.156. The van der Waals surface area contributed by atoms with Gasteiger partial charge in [0.15, 0.2) is 0 Å². The molecule has 0 aliphatic carbocycles. The zero-order chi connectivity index (χ0) is 12.4. The molecule has 1 heterocycles. The van der Waals surface area contributed by atoms with Crippen LogP contribution in [0, 0.1) is 13.8 Å². The third-order valence-electron chi connectivity index (χ3n) is 2.49. The highest BCUT2D eigenvalue weighted by Crippen LogP contribution is 2.20. The second-order valence-corrected chi connectivity index (χ2v) is 4.25. The monoisotopic (exact) mass is 248 g/mol. The van der Waals surface area contributed by atoms with Crippen LogP contribution >= 0.6 is 11.6 Å². The molecular formula is C12H13ClN4. The molecule has 1 aromatic carbocycles. The normalized spacial score (nSPS) is 10.3. The highest BCUT2D eigenvalue weighted by atomic mass is 35.5. The molecule has 4 nitrogen and oxygen atoms in total. The Morgan fingerprint density at radius 2 is 1.88 bits per heavy atom. The predicted octanol–water partition coefficient (Wildman–Crippen LogP) is 3.07. The molecule has 0 saturated carbocycles. The fourth-order valence-corrected chi connectivity index (χ4v) is 1.66. The Morgan fingerprint density at radius 1 is 1.12 bits per heavy atom. The van der Waals surface area contributed by atoms with Crippen molar-refractivity contribution >= 4 is 29.1 Å². The maximum atomic E-state index is 5.80. The van der Waals surface area contributed by atoms with Gasteiger partial charge in [-0.15, -0.1) is 0 Å². The molecule has 0 spiro atoms. The van der Waals surface area contributed by atoms with Crippen molar-refractivity contribution in [2.75, 3.05) is 11.1 Å². The number of nitrogens with one attached hydrogen (secondary N) is 1. The lowest BCUT2D eigenvalue weighted by atomic mass is 10.1. The first kappa shape index (κ1) is 11.7. The van der Waals surface area contributed by atoms with Gasteiger partial charge in [0.25, 0.3) is 0 Å². The number of rotatable bonds is 2. The van der Waals surface area contributed by atoms with E-state index in [9.17, 15) is 0 Å². The third kappa shape index (κ3) is 2.85. The van der Waals surface area contributed by atoms with Crippen LogP contribution in [0.3, 0.4) is 0 Å². The van der Waals surface area contributed by atoms with Crippen molar-refractivity contribution in [1.82, 2.24) is 9.97 Å². The first-order chi connectivity index (χ1) is 8.04. The van der Waals surface area contributed by atoms with E-state index in [1.165, 1.54) is 11.1 Å². The van der Waals surface area contributed by atoms with Crippen LogP contribution in [-0.4, -0.2) is 9.97 Å². The van der Waals surface area contributed by atoms with Crippen molar-refractivity contribution in [3.63, 3.8) is 0 Å². The molecule has 88 valence electrons. The van der Waals surface area contributed by atoms with Crippen molar-refractivity contribution in [2.24, 2.45) is 0 Å². The molecule has 0 unspecified atom stereocenters. The van der Waals surface area contributed by atoms with E-state index in [4.69, 9.17) is 17.3 Å². The molecule has 0 fully saturated rings. The number of aryl methyl sites for hydroxylation is 2. The molecule has 2 rings (SSSR count). The van der Waals surface area contributed by atoms with Crippen LogP contribution in [0.25, 0.3) is 0 Å². The topological polar surface area (TPSA) is 63.8 Å². The van der Waals surface area contributed by atoms with Crippen molar-refractivity contribution in [3.05, 3.63) is 40.5 Å². The summed E-state index contributed by atoms with van der Waals surface area (Å²) < 4.78 is 0. The van der Waals surface area contributed by atoms with Gasteiger partial charge >= 0.3 is 0 Å². The third-order valence-corrected chi connectivity index (χ3v) is 2.69. The number of benzene rings is 1. The quantitative estimate of drug-likeness (QED) is 0.802. The fraction of sp³-hybridized carbons (Fsp3) is 0.167. The Balaban J connectivity index is 2.28. The number of aromatic nitrogens is 2. The zero-order valence-corrected chi connectivity index (χ0v) is 10.4. The second-order valence-electron chi connectivity index (χ2n) is 3.86. The summed E-state index contributed by atoms with van der Waals surface area (Å²) in [6, 6.07) is 7.70. The molecular weight excluding hydrogens is 236 g/mol. The summed E-state index contributed by atoms with van der Waals surface area (Å²) in [6.45, 7) is 4.13. The average molecular weight is 249 g/mol. The van der Waals surface area contributed by atoms with Crippen molar-refractivity contribution < 1.29 is 0 Å². The number of hydrogen-bond acceptors (Lipinski definition) is 4. The van der Waals surface area contributed by atoms with Crippen LogP contribution in [-0.2, 0) is 0 Å². The molecule has 0 bridgehead atoms. The number of anilines is 3. The highest BCUT2D eigenvalue weighted by molar-refractivity contribution is 6.29. The van der Waals surface area contributed by atoms with Gasteiger partial charge in [-0.25, -0.2) is 4.98 Å². The number of nitrogens with two attached hydrogens (primary N) is 1. The van der Waals surface area contributed by atoms with Crippen molar-refractivity contribution in [1.29, 1.82) is 0 Å². The van der Waals surface area contributed by atoms with E-state index in [2.05, 4.69) is 29.1 Å². The van der Waals surface area contributed by atoms with Crippen LogP contribution in [0.2, 0.25) is 5.15 Å². The number of hydrogen-bond donors (Lipinski definition) is 2. The van der Waals surface area contributed by atoms with E-state index in [1.807, 2.05) is 18.2 Å². The summed E-state index contributed by atoms with van der Waals surface area (Å²) in [5.41, 5.74) is 8.92. The standard InChI is InChI=1S/C12H13ClN4/c1-7-3-4-9(5-8(7)2)15-11-6-10(13)16-12(14)17-11/h3-6H,1-2H3,(H3,14,15,16,17). The molecule has 0 atom stereocenters. The van der Waals surface area contributed by atoms with Gasteiger partial charge in [0, 0.05) is 11.8 Å². The lowest BCUT2D eigenvalue weighted by Crippen LogP contribution is -2.00. The fourth-order valence-electron chi connectivity index (χ4n) is 1.47. The lowest BCUT2D eigenvalue weighted by molar-refractivity contribution is 1.18. The van der Waals surface area contributed by atoms with Crippen LogP contribution in [0.15, 0.2) is 24.3 Å². The van der Waals surface area contributed by atoms with Gasteiger partial charge in [-0.3, -0.25) is 0 Å². The summed E-state index contributed by atoms with van der Waals surface area (Å²) in [5, 5.41) is 3.46. The Morgan fingerprint density at radius 3 is 2.53 bits per heavy atom.